The molecule has 2 rings (SSSR count). The van der Waals surface area contributed by atoms with Gasteiger partial charge in [-0.1, -0.05) is 23.2 Å². The first-order chi connectivity index (χ1) is 7.20. The highest BCUT2D eigenvalue weighted by Crippen LogP contribution is 2.34. The van der Waals surface area contributed by atoms with Crippen LogP contribution in [0.3, 0.4) is 0 Å². The second kappa shape index (κ2) is 4.49. The van der Waals surface area contributed by atoms with E-state index in [1.807, 2.05) is 5.38 Å². The number of aromatic nitrogens is 1. The summed E-state index contributed by atoms with van der Waals surface area (Å²) in [5, 5.41) is 12.8. The number of hydrogen-bond acceptors (Lipinski definition) is 3. The Morgan fingerprint density at radius 2 is 2.07 bits per heavy atom. The van der Waals surface area contributed by atoms with Crippen molar-refractivity contribution in [3.63, 3.8) is 0 Å². The molecule has 0 saturated carbocycles. The van der Waals surface area contributed by atoms with E-state index in [1.165, 1.54) is 11.3 Å². The van der Waals surface area contributed by atoms with Gasteiger partial charge in [0, 0.05) is 6.20 Å². The molecule has 0 aliphatic rings. The van der Waals surface area contributed by atoms with Crippen LogP contribution in [0, 0.1) is 0 Å². The number of hydrogen-bond donors (Lipinski definition) is 1. The SMILES string of the molecule is OC(c1ncccc1Cl)c1sccc1Cl. The molecule has 0 aliphatic heterocycles. The van der Waals surface area contributed by atoms with Crippen molar-refractivity contribution in [1.82, 2.24) is 4.98 Å². The largest absolute Gasteiger partial charge is 0.381 e. The molecule has 5 heteroatoms. The molecule has 2 aromatic rings. The molecule has 15 heavy (non-hydrogen) atoms. The van der Waals surface area contributed by atoms with E-state index in [4.69, 9.17) is 23.2 Å². The summed E-state index contributed by atoms with van der Waals surface area (Å²) < 4.78 is 0. The average molecular weight is 260 g/mol. The van der Waals surface area contributed by atoms with E-state index in [2.05, 4.69) is 4.98 Å². The number of aliphatic hydroxyl groups excluding tert-OH is 1. The highest BCUT2D eigenvalue weighted by Gasteiger charge is 2.18. The lowest BCUT2D eigenvalue weighted by molar-refractivity contribution is 0.219. The second-order valence-electron chi connectivity index (χ2n) is 2.91. The smallest absolute Gasteiger partial charge is 0.133 e. The number of nitrogens with zero attached hydrogens (tertiary/aromatic N) is 1. The van der Waals surface area contributed by atoms with E-state index < -0.39 is 6.10 Å². The Labute approximate surface area is 101 Å². The molecule has 0 bridgehead atoms. The molecule has 2 nitrogen and oxygen atoms in total. The summed E-state index contributed by atoms with van der Waals surface area (Å²) in [4.78, 5) is 4.71. The Balaban J connectivity index is 2.41. The highest BCUT2D eigenvalue weighted by molar-refractivity contribution is 7.10. The third-order valence-corrected chi connectivity index (χ3v) is 3.67. The van der Waals surface area contributed by atoms with Crippen LogP contribution in [-0.2, 0) is 0 Å². The molecule has 0 radical (unpaired) electrons. The van der Waals surface area contributed by atoms with Crippen molar-refractivity contribution in [2.45, 2.75) is 6.10 Å². The van der Waals surface area contributed by atoms with Crippen LogP contribution in [0.5, 0.6) is 0 Å². The number of halogens is 2. The zero-order valence-electron chi connectivity index (χ0n) is 7.52. The van der Waals surface area contributed by atoms with Crippen LogP contribution in [0.25, 0.3) is 0 Å². The molecule has 0 fully saturated rings. The first kappa shape index (κ1) is 10.9. The summed E-state index contributed by atoms with van der Waals surface area (Å²) in [6.45, 7) is 0. The summed E-state index contributed by atoms with van der Waals surface area (Å²) in [5.74, 6) is 0. The fourth-order valence-electron chi connectivity index (χ4n) is 1.22. The quantitative estimate of drug-likeness (QED) is 0.895. The number of thiophene rings is 1. The van der Waals surface area contributed by atoms with E-state index in [-0.39, 0.29) is 0 Å². The molecule has 1 N–H and O–H groups in total. The number of rotatable bonds is 2. The van der Waals surface area contributed by atoms with Gasteiger partial charge in [-0.2, -0.15) is 0 Å². The molecule has 0 saturated heterocycles. The van der Waals surface area contributed by atoms with Crippen molar-refractivity contribution in [1.29, 1.82) is 0 Å². The molecular formula is C10H7Cl2NOS. The average Bonchev–Trinajstić information content (AvgIpc) is 2.64. The van der Waals surface area contributed by atoms with Gasteiger partial charge in [-0.15, -0.1) is 11.3 Å². The molecule has 0 aliphatic carbocycles. The van der Waals surface area contributed by atoms with Crippen molar-refractivity contribution in [3.05, 3.63) is 50.4 Å². The Hall–Kier alpha value is -0.610. The van der Waals surface area contributed by atoms with Gasteiger partial charge in [-0.05, 0) is 23.6 Å². The van der Waals surface area contributed by atoms with Crippen LogP contribution >= 0.6 is 34.5 Å². The van der Waals surface area contributed by atoms with Crippen LogP contribution in [0.4, 0.5) is 0 Å². The molecule has 2 heterocycles. The van der Waals surface area contributed by atoms with Crippen molar-refractivity contribution >= 4 is 34.5 Å². The summed E-state index contributed by atoms with van der Waals surface area (Å²) in [6.07, 6.45) is 0.734. The monoisotopic (exact) mass is 259 g/mol. The molecule has 0 amide bonds. The topological polar surface area (TPSA) is 33.1 Å². The first-order valence-corrected chi connectivity index (χ1v) is 5.85. The molecule has 0 aromatic carbocycles. The second-order valence-corrected chi connectivity index (χ2v) is 4.67. The van der Waals surface area contributed by atoms with Gasteiger partial charge in [0.2, 0.25) is 0 Å². The molecule has 1 unspecified atom stereocenters. The van der Waals surface area contributed by atoms with E-state index in [9.17, 15) is 5.11 Å². The minimum atomic E-state index is -0.855. The maximum atomic E-state index is 10.0. The van der Waals surface area contributed by atoms with Gasteiger partial charge in [-0.3, -0.25) is 4.98 Å². The maximum absolute atomic E-state index is 10.0. The van der Waals surface area contributed by atoms with Gasteiger partial charge < -0.3 is 5.11 Å². The zero-order valence-corrected chi connectivity index (χ0v) is 9.85. The van der Waals surface area contributed by atoms with Gasteiger partial charge >= 0.3 is 0 Å². The first-order valence-electron chi connectivity index (χ1n) is 4.21. The fourth-order valence-corrected chi connectivity index (χ4v) is 2.60. The molecule has 2 aromatic heterocycles. The van der Waals surface area contributed by atoms with Crippen LogP contribution < -0.4 is 0 Å². The Bertz CT molecular complexity index is 472. The van der Waals surface area contributed by atoms with Crippen LogP contribution in [-0.4, -0.2) is 10.1 Å². The fraction of sp³-hybridized carbons (Fsp3) is 0.100. The van der Waals surface area contributed by atoms with Gasteiger partial charge in [-0.25, -0.2) is 0 Å². The van der Waals surface area contributed by atoms with Crippen molar-refractivity contribution in [2.75, 3.05) is 0 Å². The maximum Gasteiger partial charge on any atom is 0.133 e. The minimum Gasteiger partial charge on any atom is -0.381 e. The van der Waals surface area contributed by atoms with E-state index in [1.54, 1.807) is 24.4 Å². The Kier molecular flexibility index (Phi) is 3.26. The molecule has 0 spiro atoms. The highest BCUT2D eigenvalue weighted by atomic mass is 35.5. The lowest BCUT2D eigenvalue weighted by Crippen LogP contribution is -2.01. The van der Waals surface area contributed by atoms with E-state index in [0.717, 1.165) is 0 Å². The molecule has 78 valence electrons. The van der Waals surface area contributed by atoms with Crippen LogP contribution in [0.2, 0.25) is 10.0 Å². The minimum absolute atomic E-state index is 0.434. The lowest BCUT2D eigenvalue weighted by Gasteiger charge is -2.09. The van der Waals surface area contributed by atoms with Gasteiger partial charge in [0.25, 0.3) is 0 Å². The van der Waals surface area contributed by atoms with Crippen molar-refractivity contribution < 1.29 is 5.11 Å². The van der Waals surface area contributed by atoms with Gasteiger partial charge in [0.15, 0.2) is 0 Å². The summed E-state index contributed by atoms with van der Waals surface area (Å²) in [6, 6.07) is 5.14. The standard InChI is InChI=1S/C10H7Cl2NOS/c11-6-2-1-4-13-8(6)9(14)10-7(12)3-5-15-10/h1-5,9,14H. The predicted molar refractivity (Wildman–Crippen MR) is 62.6 cm³/mol. The van der Waals surface area contributed by atoms with E-state index >= 15 is 0 Å². The Morgan fingerprint density at radius 1 is 1.27 bits per heavy atom. The summed E-state index contributed by atoms with van der Waals surface area (Å²) in [7, 11) is 0. The zero-order chi connectivity index (χ0) is 10.8. The summed E-state index contributed by atoms with van der Waals surface area (Å²) in [5.41, 5.74) is 0.434. The third-order valence-electron chi connectivity index (χ3n) is 1.94. The lowest BCUT2D eigenvalue weighted by atomic mass is 10.2. The number of aliphatic hydroxyl groups is 1. The normalized spacial score (nSPS) is 12.7. The van der Waals surface area contributed by atoms with E-state index in [0.29, 0.717) is 20.6 Å². The van der Waals surface area contributed by atoms with Crippen molar-refractivity contribution in [2.24, 2.45) is 0 Å². The predicted octanol–water partition coefficient (Wildman–Crippen LogP) is 3.53. The number of pyridine rings is 1. The van der Waals surface area contributed by atoms with Gasteiger partial charge in [0.1, 0.15) is 6.10 Å². The third kappa shape index (κ3) is 2.16. The molecule has 1 atom stereocenters. The van der Waals surface area contributed by atoms with Crippen LogP contribution in [0.1, 0.15) is 16.7 Å². The summed E-state index contributed by atoms with van der Waals surface area (Å²) >= 11 is 13.2. The van der Waals surface area contributed by atoms with Crippen molar-refractivity contribution in [3.8, 4) is 0 Å². The Morgan fingerprint density at radius 3 is 2.67 bits per heavy atom. The van der Waals surface area contributed by atoms with Gasteiger partial charge in [0.05, 0.1) is 20.6 Å². The van der Waals surface area contributed by atoms with Crippen LogP contribution in [0.15, 0.2) is 29.8 Å². The molecular weight excluding hydrogens is 253 g/mol.